The molecule has 2 aromatic carbocycles. The summed E-state index contributed by atoms with van der Waals surface area (Å²) in [6, 6.07) is 9.47. The SMILES string of the molecule is Cc1cc(-c2cccc(C(N)=O)c2)c(F)cc1C1=C(N)C2(CCCCC2)OC1=O. The Morgan fingerprint density at radius 3 is 2.52 bits per heavy atom. The number of hydrogen-bond donors (Lipinski definition) is 2. The van der Waals surface area contributed by atoms with Gasteiger partial charge in [-0.3, -0.25) is 4.79 Å². The van der Waals surface area contributed by atoms with Crippen molar-refractivity contribution in [1.82, 2.24) is 0 Å². The van der Waals surface area contributed by atoms with E-state index in [1.54, 1.807) is 37.3 Å². The van der Waals surface area contributed by atoms with E-state index in [2.05, 4.69) is 0 Å². The lowest BCUT2D eigenvalue weighted by atomic mass is 9.81. The van der Waals surface area contributed by atoms with Crippen LogP contribution in [-0.4, -0.2) is 17.5 Å². The van der Waals surface area contributed by atoms with Crippen molar-refractivity contribution in [3.05, 3.63) is 64.6 Å². The van der Waals surface area contributed by atoms with Gasteiger partial charge in [-0.2, -0.15) is 0 Å². The second-order valence-electron chi connectivity index (χ2n) is 7.83. The van der Waals surface area contributed by atoms with Crippen molar-refractivity contribution in [2.75, 3.05) is 0 Å². The van der Waals surface area contributed by atoms with Gasteiger partial charge >= 0.3 is 5.97 Å². The number of primary amides is 1. The maximum absolute atomic E-state index is 15.1. The second-order valence-corrected chi connectivity index (χ2v) is 7.83. The monoisotopic (exact) mass is 394 g/mol. The van der Waals surface area contributed by atoms with Crippen molar-refractivity contribution in [3.8, 4) is 11.1 Å². The van der Waals surface area contributed by atoms with E-state index in [0.29, 0.717) is 46.4 Å². The lowest BCUT2D eigenvalue weighted by Gasteiger charge is -2.32. The first-order chi connectivity index (χ1) is 13.8. The van der Waals surface area contributed by atoms with Crippen LogP contribution in [0.15, 0.2) is 42.1 Å². The minimum Gasteiger partial charge on any atom is -0.449 e. The highest BCUT2D eigenvalue weighted by Gasteiger charge is 2.47. The highest BCUT2D eigenvalue weighted by atomic mass is 19.1. The smallest absolute Gasteiger partial charge is 0.341 e. The minimum atomic E-state index is -0.748. The van der Waals surface area contributed by atoms with Gasteiger partial charge in [-0.1, -0.05) is 18.6 Å². The summed E-state index contributed by atoms with van der Waals surface area (Å²) in [5, 5.41) is 0. The minimum absolute atomic E-state index is 0.265. The molecule has 2 aliphatic rings. The lowest BCUT2D eigenvalue weighted by Crippen LogP contribution is -2.37. The van der Waals surface area contributed by atoms with Crippen LogP contribution in [0.5, 0.6) is 0 Å². The molecule has 1 heterocycles. The van der Waals surface area contributed by atoms with E-state index in [4.69, 9.17) is 16.2 Å². The molecule has 2 aromatic rings. The standard InChI is InChI=1S/C23H23FN2O3/c1-13-10-17(14-6-5-7-15(11-14)21(26)27)18(24)12-16(13)19-20(25)23(29-22(19)28)8-3-2-4-9-23/h5-7,10-12H,2-4,8-9,25H2,1H3,(H2,26,27). The molecule has 4 N–H and O–H groups in total. The van der Waals surface area contributed by atoms with Gasteiger partial charge in [0.05, 0.1) is 11.3 Å². The van der Waals surface area contributed by atoms with Crippen LogP contribution in [0.4, 0.5) is 4.39 Å². The van der Waals surface area contributed by atoms with Crippen LogP contribution in [0.25, 0.3) is 16.7 Å². The molecule has 1 aliphatic heterocycles. The van der Waals surface area contributed by atoms with Gasteiger partial charge in [0.25, 0.3) is 0 Å². The Labute approximate surface area is 168 Å². The van der Waals surface area contributed by atoms with Crippen LogP contribution in [-0.2, 0) is 9.53 Å². The van der Waals surface area contributed by atoms with Crippen LogP contribution in [0.2, 0.25) is 0 Å². The van der Waals surface area contributed by atoms with E-state index in [1.807, 2.05) is 0 Å². The molecule has 1 saturated carbocycles. The number of esters is 1. The molecule has 4 rings (SSSR count). The molecule has 1 aliphatic carbocycles. The van der Waals surface area contributed by atoms with Gasteiger partial charge in [0, 0.05) is 11.1 Å². The molecule has 0 aromatic heterocycles. The first-order valence-corrected chi connectivity index (χ1v) is 9.77. The molecule has 6 heteroatoms. The molecular weight excluding hydrogens is 371 g/mol. The van der Waals surface area contributed by atoms with Gasteiger partial charge in [-0.05, 0) is 73.6 Å². The molecule has 1 fully saturated rings. The number of aryl methyl sites for hydroxylation is 1. The van der Waals surface area contributed by atoms with Gasteiger partial charge in [0.15, 0.2) is 5.60 Å². The Kier molecular flexibility index (Phi) is 4.65. The fourth-order valence-corrected chi connectivity index (χ4v) is 4.38. The summed E-state index contributed by atoms with van der Waals surface area (Å²) in [4.78, 5) is 24.1. The molecule has 0 bridgehead atoms. The number of amides is 1. The Morgan fingerprint density at radius 2 is 1.83 bits per heavy atom. The van der Waals surface area contributed by atoms with Crippen LogP contribution in [0, 0.1) is 12.7 Å². The predicted molar refractivity (Wildman–Crippen MR) is 108 cm³/mol. The normalized spacial score (nSPS) is 18.2. The second kappa shape index (κ2) is 7.03. The van der Waals surface area contributed by atoms with E-state index in [0.717, 1.165) is 19.3 Å². The van der Waals surface area contributed by atoms with Crippen molar-refractivity contribution < 1.29 is 18.7 Å². The largest absolute Gasteiger partial charge is 0.449 e. The zero-order valence-corrected chi connectivity index (χ0v) is 16.3. The summed E-state index contributed by atoms with van der Waals surface area (Å²) >= 11 is 0. The highest BCUT2D eigenvalue weighted by Crippen LogP contribution is 2.45. The van der Waals surface area contributed by atoms with Gasteiger partial charge in [0.2, 0.25) is 5.91 Å². The molecule has 1 spiro atoms. The number of rotatable bonds is 3. The van der Waals surface area contributed by atoms with Crippen molar-refractivity contribution >= 4 is 17.4 Å². The van der Waals surface area contributed by atoms with E-state index < -0.39 is 23.3 Å². The summed E-state index contributed by atoms with van der Waals surface area (Å²) in [6.45, 7) is 1.80. The van der Waals surface area contributed by atoms with Crippen LogP contribution < -0.4 is 11.5 Å². The van der Waals surface area contributed by atoms with E-state index in [9.17, 15) is 9.59 Å². The Hall–Kier alpha value is -3.15. The first-order valence-electron chi connectivity index (χ1n) is 9.77. The third kappa shape index (κ3) is 3.18. The van der Waals surface area contributed by atoms with Gasteiger partial charge in [-0.25, -0.2) is 9.18 Å². The zero-order chi connectivity index (χ0) is 20.8. The molecule has 150 valence electrons. The number of carbonyl (C=O) groups is 2. The van der Waals surface area contributed by atoms with Crippen molar-refractivity contribution in [2.45, 2.75) is 44.6 Å². The fraction of sp³-hybridized carbons (Fsp3) is 0.304. The first kappa shape index (κ1) is 19.2. The van der Waals surface area contributed by atoms with Gasteiger partial charge < -0.3 is 16.2 Å². The molecule has 0 saturated heterocycles. The van der Waals surface area contributed by atoms with E-state index in [1.165, 1.54) is 6.07 Å². The number of nitrogens with two attached hydrogens (primary N) is 2. The molecular formula is C23H23FN2O3. The van der Waals surface area contributed by atoms with E-state index >= 15 is 4.39 Å². The molecule has 0 atom stereocenters. The Bertz CT molecular complexity index is 1050. The number of carbonyl (C=O) groups excluding carboxylic acids is 2. The summed E-state index contributed by atoms with van der Waals surface area (Å²) in [7, 11) is 0. The molecule has 29 heavy (non-hydrogen) atoms. The predicted octanol–water partition coefficient (Wildman–Crippen LogP) is 3.83. The lowest BCUT2D eigenvalue weighted by molar-refractivity contribution is -0.147. The average molecular weight is 394 g/mol. The number of hydrogen-bond acceptors (Lipinski definition) is 4. The molecule has 0 radical (unpaired) electrons. The topological polar surface area (TPSA) is 95.4 Å². The molecule has 1 amide bonds. The maximum Gasteiger partial charge on any atom is 0.341 e. The maximum atomic E-state index is 15.1. The quantitative estimate of drug-likeness (QED) is 0.774. The fourth-order valence-electron chi connectivity index (χ4n) is 4.38. The Morgan fingerprint density at radius 1 is 1.10 bits per heavy atom. The summed E-state index contributed by atoms with van der Waals surface area (Å²) in [5.41, 5.74) is 14.0. The average Bonchev–Trinajstić information content (AvgIpc) is 2.93. The van der Waals surface area contributed by atoms with Gasteiger partial charge in [0.1, 0.15) is 5.82 Å². The van der Waals surface area contributed by atoms with Crippen LogP contribution in [0.1, 0.15) is 53.6 Å². The highest BCUT2D eigenvalue weighted by molar-refractivity contribution is 6.20. The van der Waals surface area contributed by atoms with Crippen molar-refractivity contribution in [2.24, 2.45) is 11.5 Å². The summed E-state index contributed by atoms with van der Waals surface area (Å²) in [6.07, 6.45) is 4.39. The van der Waals surface area contributed by atoms with Crippen LogP contribution in [0.3, 0.4) is 0 Å². The molecule has 0 unspecified atom stereocenters. The number of ether oxygens (including phenoxy) is 1. The third-order valence-electron chi connectivity index (χ3n) is 5.96. The number of benzene rings is 2. The molecule has 5 nitrogen and oxygen atoms in total. The summed E-state index contributed by atoms with van der Waals surface area (Å²) in [5.74, 6) is -1.58. The van der Waals surface area contributed by atoms with Crippen LogP contribution >= 0.6 is 0 Å². The number of halogens is 1. The van der Waals surface area contributed by atoms with Crippen molar-refractivity contribution in [3.63, 3.8) is 0 Å². The third-order valence-corrected chi connectivity index (χ3v) is 5.96. The van der Waals surface area contributed by atoms with Gasteiger partial charge in [-0.15, -0.1) is 0 Å². The van der Waals surface area contributed by atoms with E-state index in [-0.39, 0.29) is 5.57 Å². The van der Waals surface area contributed by atoms with Crippen molar-refractivity contribution in [1.29, 1.82) is 0 Å². The Balaban J connectivity index is 1.79. The zero-order valence-electron chi connectivity index (χ0n) is 16.3. The summed E-state index contributed by atoms with van der Waals surface area (Å²) < 4.78 is 20.8.